The Hall–Kier alpha value is -2.17. The molecule has 3 saturated carbocycles. The summed E-state index contributed by atoms with van der Waals surface area (Å²) in [5.74, 6) is 4.42. The van der Waals surface area contributed by atoms with Crippen LogP contribution in [0.3, 0.4) is 0 Å². The van der Waals surface area contributed by atoms with Crippen LogP contribution < -0.4 is 9.47 Å². The fraction of sp³-hybridized carbons (Fsp3) is 0.571. The van der Waals surface area contributed by atoms with Gasteiger partial charge in [-0.15, -0.1) is 0 Å². The van der Waals surface area contributed by atoms with E-state index in [1.165, 1.54) is 44.2 Å². The van der Waals surface area contributed by atoms with Crippen LogP contribution in [0.25, 0.3) is 11.4 Å². The quantitative estimate of drug-likeness (QED) is 0.860. The van der Waals surface area contributed by atoms with Gasteiger partial charge in [0.15, 0.2) is 11.5 Å². The number of phenols is 1. The zero-order valence-electron chi connectivity index (χ0n) is 15.4. The average Bonchev–Trinajstić information content (AvgIpc) is 3.22. The summed E-state index contributed by atoms with van der Waals surface area (Å²) in [6.07, 6.45) is 10.2. The molecular weight excluding hydrogens is 328 g/mol. The number of nitrogens with one attached hydrogen (secondary N) is 1. The van der Waals surface area contributed by atoms with Gasteiger partial charge in [-0.05, 0) is 68.4 Å². The number of phenolic OH excluding ortho intramolecular Hbond substituents is 1. The van der Waals surface area contributed by atoms with Crippen molar-refractivity contribution in [3.8, 4) is 28.6 Å². The van der Waals surface area contributed by atoms with Gasteiger partial charge in [0.2, 0.25) is 5.75 Å². The van der Waals surface area contributed by atoms with Crippen molar-refractivity contribution in [2.45, 2.75) is 43.9 Å². The maximum Gasteiger partial charge on any atom is 0.200 e. The predicted molar refractivity (Wildman–Crippen MR) is 98.6 cm³/mol. The van der Waals surface area contributed by atoms with E-state index in [1.54, 1.807) is 26.4 Å². The molecule has 2 aromatic rings. The first kappa shape index (κ1) is 16.0. The molecule has 4 unspecified atom stereocenters. The Labute approximate surface area is 153 Å². The highest BCUT2D eigenvalue weighted by atomic mass is 16.5. The topological polar surface area (TPSA) is 67.4 Å². The third-order valence-corrected chi connectivity index (χ3v) is 7.17. The number of fused-ring (bicyclic) bond motifs is 2. The molecule has 1 aromatic carbocycles. The van der Waals surface area contributed by atoms with Gasteiger partial charge in [0.25, 0.3) is 0 Å². The number of hydrogen-bond donors (Lipinski definition) is 2. The molecule has 1 heterocycles. The van der Waals surface area contributed by atoms with E-state index in [0.29, 0.717) is 11.5 Å². The first-order chi connectivity index (χ1) is 12.6. The zero-order valence-corrected chi connectivity index (χ0v) is 15.4. The zero-order chi connectivity index (χ0) is 17.9. The number of rotatable bonds is 4. The summed E-state index contributed by atoms with van der Waals surface area (Å²) in [7, 11) is 3.09. The Morgan fingerprint density at radius 2 is 1.85 bits per heavy atom. The van der Waals surface area contributed by atoms with Gasteiger partial charge < -0.3 is 19.6 Å². The second-order valence-corrected chi connectivity index (χ2v) is 8.46. The van der Waals surface area contributed by atoms with Crippen molar-refractivity contribution in [1.82, 2.24) is 9.97 Å². The smallest absolute Gasteiger partial charge is 0.200 e. The number of ether oxygens (including phenoxy) is 2. The number of aromatic hydroxyl groups is 1. The van der Waals surface area contributed by atoms with Gasteiger partial charge in [0.05, 0.1) is 14.2 Å². The summed E-state index contributed by atoms with van der Waals surface area (Å²) in [5, 5.41) is 10.1. The van der Waals surface area contributed by atoms with E-state index < -0.39 is 0 Å². The lowest BCUT2D eigenvalue weighted by molar-refractivity contribution is 0.135. The average molecular weight is 354 g/mol. The van der Waals surface area contributed by atoms with Crippen molar-refractivity contribution in [2.75, 3.05) is 14.2 Å². The fourth-order valence-corrected chi connectivity index (χ4v) is 6.03. The van der Waals surface area contributed by atoms with Crippen LogP contribution in [0.4, 0.5) is 0 Å². The summed E-state index contributed by atoms with van der Waals surface area (Å²) in [6, 6.07) is 3.61. The molecule has 5 nitrogen and oxygen atoms in total. The number of aromatic amines is 1. The van der Waals surface area contributed by atoms with E-state index >= 15 is 0 Å². The van der Waals surface area contributed by atoms with Crippen molar-refractivity contribution < 1.29 is 14.6 Å². The molecule has 26 heavy (non-hydrogen) atoms. The molecule has 5 rings (SSSR count). The van der Waals surface area contributed by atoms with Gasteiger partial charge in [-0.25, -0.2) is 4.98 Å². The molecule has 2 N–H and O–H groups in total. The third-order valence-electron chi connectivity index (χ3n) is 7.17. The summed E-state index contributed by atoms with van der Waals surface area (Å²) >= 11 is 0. The Kier molecular flexibility index (Phi) is 3.49. The van der Waals surface area contributed by atoms with Crippen LogP contribution in [0.1, 0.15) is 44.2 Å². The number of benzene rings is 1. The standard InChI is InChI=1S/C21H26N2O3/c1-25-16-7-14(8-17(26-2)19(16)24)20-22-11-18(23-20)21-4-3-13-5-12(9-21)6-15(13)10-21/h7-8,11-13,15,24H,3-6,9-10H2,1-2H3,(H,22,23). The van der Waals surface area contributed by atoms with Crippen LogP contribution in [0.15, 0.2) is 18.3 Å². The van der Waals surface area contributed by atoms with Crippen molar-refractivity contribution in [3.63, 3.8) is 0 Å². The molecule has 1 aromatic heterocycles. The molecule has 138 valence electrons. The molecule has 4 atom stereocenters. The summed E-state index contributed by atoms with van der Waals surface area (Å²) in [5.41, 5.74) is 2.44. The lowest BCUT2D eigenvalue weighted by Gasteiger charge is -2.44. The van der Waals surface area contributed by atoms with Gasteiger partial charge in [-0.1, -0.05) is 0 Å². The minimum absolute atomic E-state index is 0.0197. The molecule has 0 radical (unpaired) electrons. The normalized spacial score (nSPS) is 32.0. The first-order valence-corrected chi connectivity index (χ1v) is 9.63. The van der Waals surface area contributed by atoms with E-state index in [-0.39, 0.29) is 11.2 Å². The number of nitrogens with zero attached hydrogens (tertiary/aromatic N) is 1. The Morgan fingerprint density at radius 3 is 2.58 bits per heavy atom. The van der Waals surface area contributed by atoms with E-state index in [9.17, 15) is 5.11 Å². The summed E-state index contributed by atoms with van der Waals surface area (Å²) < 4.78 is 10.6. The van der Waals surface area contributed by atoms with E-state index in [1.807, 2.05) is 6.20 Å². The van der Waals surface area contributed by atoms with Crippen molar-refractivity contribution >= 4 is 0 Å². The molecular formula is C21H26N2O3. The molecule has 0 saturated heterocycles. The van der Waals surface area contributed by atoms with Gasteiger partial charge in [-0.2, -0.15) is 0 Å². The maximum absolute atomic E-state index is 10.1. The first-order valence-electron chi connectivity index (χ1n) is 9.63. The van der Waals surface area contributed by atoms with Crippen LogP contribution in [-0.2, 0) is 5.41 Å². The fourth-order valence-electron chi connectivity index (χ4n) is 6.03. The summed E-state index contributed by atoms with van der Waals surface area (Å²) in [6.45, 7) is 0. The largest absolute Gasteiger partial charge is 0.502 e. The van der Waals surface area contributed by atoms with Gasteiger partial charge in [-0.3, -0.25) is 0 Å². The second-order valence-electron chi connectivity index (χ2n) is 8.46. The number of hydrogen-bond acceptors (Lipinski definition) is 4. The van der Waals surface area contributed by atoms with Crippen LogP contribution in [0.2, 0.25) is 0 Å². The highest BCUT2D eigenvalue weighted by Gasteiger charge is 2.53. The lowest BCUT2D eigenvalue weighted by Crippen LogP contribution is -2.38. The van der Waals surface area contributed by atoms with Gasteiger partial charge >= 0.3 is 0 Å². The molecule has 3 fully saturated rings. The maximum atomic E-state index is 10.1. The van der Waals surface area contributed by atoms with E-state index in [2.05, 4.69) is 9.97 Å². The van der Waals surface area contributed by atoms with Crippen LogP contribution >= 0.6 is 0 Å². The lowest BCUT2D eigenvalue weighted by atomic mass is 9.61. The van der Waals surface area contributed by atoms with Crippen molar-refractivity contribution in [1.29, 1.82) is 0 Å². The number of H-pyrrole nitrogens is 1. The SMILES string of the molecule is COc1cc(-c2ncc(C34CCC5CC(CC5C3)C4)[nH]2)cc(OC)c1O. The molecule has 5 heteroatoms. The monoisotopic (exact) mass is 354 g/mol. The Bertz CT molecular complexity index is 817. The second kappa shape index (κ2) is 5.66. The molecule has 3 aliphatic carbocycles. The number of imidazole rings is 1. The van der Waals surface area contributed by atoms with Crippen LogP contribution in [0, 0.1) is 17.8 Å². The van der Waals surface area contributed by atoms with Gasteiger partial charge in [0.1, 0.15) is 5.82 Å². The van der Waals surface area contributed by atoms with E-state index in [4.69, 9.17) is 9.47 Å². The molecule has 0 spiro atoms. The number of methoxy groups -OCH3 is 2. The van der Waals surface area contributed by atoms with Gasteiger partial charge in [0, 0.05) is 22.9 Å². The molecule has 0 aliphatic heterocycles. The summed E-state index contributed by atoms with van der Waals surface area (Å²) in [4.78, 5) is 8.28. The minimum Gasteiger partial charge on any atom is -0.502 e. The highest BCUT2D eigenvalue weighted by molar-refractivity contribution is 5.66. The predicted octanol–water partition coefficient (Wildman–Crippen LogP) is 4.27. The van der Waals surface area contributed by atoms with E-state index in [0.717, 1.165) is 29.1 Å². The Morgan fingerprint density at radius 1 is 1.12 bits per heavy atom. The van der Waals surface area contributed by atoms with Crippen molar-refractivity contribution in [3.05, 3.63) is 24.0 Å². The van der Waals surface area contributed by atoms with Crippen LogP contribution in [-0.4, -0.2) is 29.3 Å². The van der Waals surface area contributed by atoms with Crippen molar-refractivity contribution in [2.24, 2.45) is 17.8 Å². The Balaban J connectivity index is 1.51. The molecule has 3 aliphatic rings. The molecule has 3 bridgehead atoms. The van der Waals surface area contributed by atoms with Crippen LogP contribution in [0.5, 0.6) is 17.2 Å². The minimum atomic E-state index is 0.0197. The number of aromatic nitrogens is 2. The highest BCUT2D eigenvalue weighted by Crippen LogP contribution is 2.61. The third kappa shape index (κ3) is 2.25. The molecule has 0 amide bonds.